The van der Waals surface area contributed by atoms with E-state index in [0.29, 0.717) is 17.8 Å². The number of aliphatic hydroxyl groups excluding tert-OH is 3. The Morgan fingerprint density at radius 3 is 2.26 bits per heavy atom. The first kappa shape index (κ1) is 26.4. The first-order valence-corrected chi connectivity index (χ1v) is 14.1. The van der Waals surface area contributed by atoms with E-state index >= 15 is 0 Å². The molecule has 0 bridgehead atoms. The minimum atomic E-state index is -0.350. The molecule has 0 aliphatic heterocycles. The van der Waals surface area contributed by atoms with Gasteiger partial charge in [0.2, 0.25) is 0 Å². The summed E-state index contributed by atoms with van der Waals surface area (Å²) in [6, 6.07) is 0. The highest BCUT2D eigenvalue weighted by atomic mass is 16.3. The molecule has 8 unspecified atom stereocenters. The molecule has 0 heterocycles. The topological polar surface area (TPSA) is 60.7 Å². The molecular formula is C31H52O3. The molecule has 2 saturated carbocycles. The molecule has 3 heteroatoms. The maximum atomic E-state index is 11.7. The summed E-state index contributed by atoms with van der Waals surface area (Å²) < 4.78 is 0. The van der Waals surface area contributed by atoms with Crippen LogP contribution in [0.4, 0.5) is 0 Å². The number of fused-ring (bicyclic) bond motifs is 4. The van der Waals surface area contributed by atoms with Gasteiger partial charge in [0, 0.05) is 12.0 Å². The van der Waals surface area contributed by atoms with Gasteiger partial charge in [-0.1, -0.05) is 71.8 Å². The standard InChI is InChI=1S/C31H52O3/c1-19(2)20(3)9-10-21(18-32)24-17-27(34)31(8)23-11-12-25-28(4,5)26(33)14-15-29(25,6)22(23)13-16-30(24,31)7/h19,21,24-27,32-34H,3,9-18H2,1-2,4-8H3. The number of hydrogen-bond donors (Lipinski definition) is 3. The van der Waals surface area contributed by atoms with Crippen molar-refractivity contribution in [3.05, 3.63) is 23.3 Å². The molecular weight excluding hydrogens is 420 g/mol. The van der Waals surface area contributed by atoms with Gasteiger partial charge in [0.1, 0.15) is 0 Å². The maximum Gasteiger partial charge on any atom is 0.0639 e. The summed E-state index contributed by atoms with van der Waals surface area (Å²) in [4.78, 5) is 0. The van der Waals surface area contributed by atoms with Gasteiger partial charge in [-0.3, -0.25) is 0 Å². The van der Waals surface area contributed by atoms with Crippen molar-refractivity contribution in [2.45, 2.75) is 118 Å². The number of rotatable bonds is 6. The molecule has 8 atom stereocenters. The van der Waals surface area contributed by atoms with Crippen molar-refractivity contribution in [3.63, 3.8) is 0 Å². The normalized spacial score (nSPS) is 44.4. The smallest absolute Gasteiger partial charge is 0.0639 e. The fourth-order valence-electron chi connectivity index (χ4n) is 9.55. The van der Waals surface area contributed by atoms with Crippen LogP contribution in [0.5, 0.6) is 0 Å². The summed E-state index contributed by atoms with van der Waals surface area (Å²) in [7, 11) is 0. The molecule has 0 aromatic carbocycles. The van der Waals surface area contributed by atoms with Crippen LogP contribution in [0.1, 0.15) is 106 Å². The summed E-state index contributed by atoms with van der Waals surface area (Å²) in [5, 5.41) is 33.0. The van der Waals surface area contributed by atoms with Gasteiger partial charge in [0.25, 0.3) is 0 Å². The van der Waals surface area contributed by atoms with Gasteiger partial charge in [-0.25, -0.2) is 0 Å². The molecule has 3 N–H and O–H groups in total. The molecule has 0 saturated heterocycles. The lowest BCUT2D eigenvalue weighted by Crippen LogP contribution is -2.56. The van der Waals surface area contributed by atoms with Crippen LogP contribution < -0.4 is 0 Å². The van der Waals surface area contributed by atoms with Crippen LogP contribution >= 0.6 is 0 Å². The molecule has 2 fully saturated rings. The van der Waals surface area contributed by atoms with Gasteiger partial charge < -0.3 is 15.3 Å². The van der Waals surface area contributed by atoms with Gasteiger partial charge in [-0.15, -0.1) is 0 Å². The Hall–Kier alpha value is -0.640. The van der Waals surface area contributed by atoms with Gasteiger partial charge in [0.15, 0.2) is 0 Å². The lowest BCUT2D eigenvalue weighted by atomic mass is 9.43. The molecule has 0 aromatic heterocycles. The van der Waals surface area contributed by atoms with Gasteiger partial charge >= 0.3 is 0 Å². The largest absolute Gasteiger partial charge is 0.396 e. The van der Waals surface area contributed by atoms with Crippen LogP contribution in [0.3, 0.4) is 0 Å². The first-order valence-electron chi connectivity index (χ1n) is 14.1. The van der Waals surface area contributed by atoms with Crippen molar-refractivity contribution >= 4 is 0 Å². The molecule has 0 amide bonds. The van der Waals surface area contributed by atoms with E-state index in [1.807, 2.05) is 0 Å². The van der Waals surface area contributed by atoms with E-state index in [0.717, 1.165) is 57.8 Å². The van der Waals surface area contributed by atoms with E-state index in [1.54, 1.807) is 11.1 Å². The SMILES string of the molecule is C=C(CCC(CO)C1CC(O)C2(C)C3=C(CCC12C)C1(C)CCC(O)C(C)(C)C1CC3)C(C)C. The third-order valence-corrected chi connectivity index (χ3v) is 12.3. The summed E-state index contributed by atoms with van der Waals surface area (Å²) in [5.41, 5.74) is 4.29. The Morgan fingerprint density at radius 1 is 0.971 bits per heavy atom. The van der Waals surface area contributed by atoms with Crippen molar-refractivity contribution in [2.24, 2.45) is 45.3 Å². The van der Waals surface area contributed by atoms with Crippen molar-refractivity contribution in [1.29, 1.82) is 0 Å². The van der Waals surface area contributed by atoms with Gasteiger partial charge in [0.05, 0.1) is 12.2 Å². The second-order valence-electron chi connectivity index (χ2n) is 14.1. The summed E-state index contributed by atoms with van der Waals surface area (Å²) in [5.74, 6) is 1.53. The highest BCUT2D eigenvalue weighted by Gasteiger charge is 2.66. The molecule has 0 radical (unpaired) electrons. The lowest BCUT2D eigenvalue weighted by molar-refractivity contribution is -0.100. The van der Waals surface area contributed by atoms with Gasteiger partial charge in [-0.05, 0) is 97.7 Å². The monoisotopic (exact) mass is 472 g/mol. The van der Waals surface area contributed by atoms with Crippen molar-refractivity contribution in [1.82, 2.24) is 0 Å². The molecule has 0 aromatic rings. The van der Waals surface area contributed by atoms with E-state index in [2.05, 4.69) is 55.0 Å². The second kappa shape index (κ2) is 8.73. The second-order valence-corrected chi connectivity index (χ2v) is 14.1. The van der Waals surface area contributed by atoms with Crippen LogP contribution in [-0.4, -0.2) is 34.1 Å². The zero-order chi connectivity index (χ0) is 25.3. The minimum Gasteiger partial charge on any atom is -0.396 e. The Morgan fingerprint density at radius 2 is 1.65 bits per heavy atom. The van der Waals surface area contributed by atoms with Crippen LogP contribution in [0.15, 0.2) is 23.3 Å². The van der Waals surface area contributed by atoms with Crippen LogP contribution in [-0.2, 0) is 0 Å². The zero-order valence-electron chi connectivity index (χ0n) is 23.1. The quantitative estimate of drug-likeness (QED) is 0.378. The predicted molar refractivity (Wildman–Crippen MR) is 140 cm³/mol. The highest BCUT2D eigenvalue weighted by molar-refractivity contribution is 5.40. The summed E-state index contributed by atoms with van der Waals surface area (Å²) in [6.07, 6.45) is 8.47. The first-order chi connectivity index (χ1) is 15.7. The van der Waals surface area contributed by atoms with E-state index in [1.165, 1.54) is 5.57 Å². The predicted octanol–water partition coefficient (Wildman–Crippen LogP) is 6.67. The molecule has 4 aliphatic rings. The molecule has 4 aliphatic carbocycles. The minimum absolute atomic E-state index is 0.00467. The van der Waals surface area contributed by atoms with E-state index in [9.17, 15) is 15.3 Å². The van der Waals surface area contributed by atoms with Crippen molar-refractivity contribution in [2.75, 3.05) is 6.61 Å². The third kappa shape index (κ3) is 3.54. The van der Waals surface area contributed by atoms with Crippen LogP contribution in [0.25, 0.3) is 0 Å². The lowest BCUT2D eigenvalue weighted by Gasteiger charge is -2.62. The summed E-state index contributed by atoms with van der Waals surface area (Å²) >= 11 is 0. The Bertz CT molecular complexity index is 840. The molecule has 3 nitrogen and oxygen atoms in total. The average molecular weight is 473 g/mol. The third-order valence-electron chi connectivity index (χ3n) is 12.3. The molecule has 34 heavy (non-hydrogen) atoms. The number of hydrogen-bond acceptors (Lipinski definition) is 3. The fourth-order valence-corrected chi connectivity index (χ4v) is 9.55. The Kier molecular flexibility index (Phi) is 6.79. The van der Waals surface area contributed by atoms with E-state index in [-0.39, 0.29) is 46.4 Å². The Balaban J connectivity index is 1.69. The number of allylic oxidation sites excluding steroid dienone is 2. The maximum absolute atomic E-state index is 11.7. The Labute approximate surface area is 209 Å². The molecule has 4 rings (SSSR count). The fraction of sp³-hybridized carbons (Fsp3) is 0.871. The van der Waals surface area contributed by atoms with Gasteiger partial charge in [-0.2, -0.15) is 0 Å². The van der Waals surface area contributed by atoms with Crippen LogP contribution in [0.2, 0.25) is 0 Å². The molecule has 194 valence electrons. The summed E-state index contributed by atoms with van der Waals surface area (Å²) in [6.45, 7) is 20.7. The average Bonchev–Trinajstić information content (AvgIpc) is 2.98. The van der Waals surface area contributed by atoms with E-state index < -0.39 is 0 Å². The van der Waals surface area contributed by atoms with Crippen molar-refractivity contribution in [3.8, 4) is 0 Å². The van der Waals surface area contributed by atoms with Crippen LogP contribution in [0, 0.1) is 45.3 Å². The number of aliphatic hydroxyl groups is 3. The van der Waals surface area contributed by atoms with Crippen molar-refractivity contribution < 1.29 is 15.3 Å². The zero-order valence-corrected chi connectivity index (χ0v) is 23.1. The molecule has 0 spiro atoms. The van der Waals surface area contributed by atoms with E-state index in [4.69, 9.17) is 0 Å². The highest BCUT2D eigenvalue weighted by Crippen LogP contribution is 2.72.